The van der Waals surface area contributed by atoms with Gasteiger partial charge in [-0.2, -0.15) is 0 Å². The van der Waals surface area contributed by atoms with Gasteiger partial charge in [-0.25, -0.2) is 9.59 Å². The van der Waals surface area contributed by atoms with E-state index in [1.807, 2.05) is 0 Å². The largest absolute Gasteiger partial charge is 0.373 e. The Balaban J connectivity index is 2.75. The van der Waals surface area contributed by atoms with Crippen molar-refractivity contribution in [3.8, 4) is 0 Å². The minimum Gasteiger partial charge on any atom is -0.373 e. The molecule has 1 heterocycles. The quantitative estimate of drug-likeness (QED) is 0.462. The first-order chi connectivity index (χ1) is 5.25. The Morgan fingerprint density at radius 1 is 1.73 bits per heavy atom. The topological polar surface area (TPSA) is 72.6 Å². The second kappa shape index (κ2) is 3.18. The molecular weight excluding hydrogens is 148 g/mol. The van der Waals surface area contributed by atoms with Crippen LogP contribution >= 0.6 is 0 Å². The van der Waals surface area contributed by atoms with Gasteiger partial charge in [-0.1, -0.05) is 0 Å². The summed E-state index contributed by atoms with van der Waals surface area (Å²) in [6.45, 7) is 0.862. The number of morpholine rings is 1. The zero-order valence-corrected chi connectivity index (χ0v) is 5.87. The van der Waals surface area contributed by atoms with Gasteiger partial charge in [0.05, 0.1) is 19.8 Å². The van der Waals surface area contributed by atoms with Crippen molar-refractivity contribution in [1.82, 2.24) is 4.90 Å². The van der Waals surface area contributed by atoms with Gasteiger partial charge < -0.3 is 10.5 Å². The van der Waals surface area contributed by atoms with Crippen LogP contribution in [0.4, 0.5) is 4.79 Å². The van der Waals surface area contributed by atoms with Crippen LogP contribution in [0.1, 0.15) is 0 Å². The summed E-state index contributed by atoms with van der Waals surface area (Å²) in [6.07, 6.45) is 0. The number of hydrogen-bond acceptors (Lipinski definition) is 3. The van der Waals surface area contributed by atoms with E-state index in [-0.39, 0.29) is 12.3 Å². The van der Waals surface area contributed by atoms with Crippen LogP contribution in [0.3, 0.4) is 0 Å². The molecule has 1 aliphatic rings. The Morgan fingerprint density at radius 2 is 2.45 bits per heavy atom. The van der Waals surface area contributed by atoms with Crippen LogP contribution in [0.5, 0.6) is 0 Å². The predicted octanol–water partition coefficient (Wildman–Crippen LogP) is -0.887. The maximum absolute atomic E-state index is 10.6. The number of nitrogens with two attached hydrogens (primary N) is 1. The molecule has 5 nitrogen and oxygen atoms in total. The molecule has 11 heavy (non-hydrogen) atoms. The molecule has 0 aliphatic carbocycles. The fraction of sp³-hybridized carbons (Fsp3) is 0.500. The third-order valence-electron chi connectivity index (χ3n) is 1.41. The Hall–Kier alpha value is -1.32. The maximum Gasteiger partial charge on any atom is 0.319 e. The third-order valence-corrected chi connectivity index (χ3v) is 1.41. The van der Waals surface area contributed by atoms with Gasteiger partial charge in [-0.15, -0.1) is 0 Å². The SMILES string of the molecule is NC(=O)N1CCOCC1=C=O. The predicted molar refractivity (Wildman–Crippen MR) is 36.3 cm³/mol. The van der Waals surface area contributed by atoms with Crippen LogP contribution in [0, 0.1) is 0 Å². The van der Waals surface area contributed by atoms with Gasteiger partial charge in [0.25, 0.3) is 0 Å². The summed E-state index contributed by atoms with van der Waals surface area (Å²) in [4.78, 5) is 22.0. The lowest BCUT2D eigenvalue weighted by Crippen LogP contribution is -2.42. The summed E-state index contributed by atoms with van der Waals surface area (Å²) in [6, 6.07) is -0.633. The van der Waals surface area contributed by atoms with Gasteiger partial charge in [-0.05, 0) is 0 Å². The zero-order chi connectivity index (χ0) is 8.27. The van der Waals surface area contributed by atoms with Gasteiger partial charge >= 0.3 is 6.03 Å². The molecule has 60 valence electrons. The zero-order valence-electron chi connectivity index (χ0n) is 5.87. The van der Waals surface area contributed by atoms with E-state index in [0.29, 0.717) is 13.2 Å². The number of amides is 2. The second-order valence-corrected chi connectivity index (χ2v) is 2.09. The van der Waals surface area contributed by atoms with E-state index in [4.69, 9.17) is 10.5 Å². The van der Waals surface area contributed by atoms with E-state index < -0.39 is 6.03 Å². The van der Waals surface area contributed by atoms with Crippen molar-refractivity contribution in [2.24, 2.45) is 5.73 Å². The van der Waals surface area contributed by atoms with Crippen LogP contribution in [0.15, 0.2) is 5.70 Å². The molecule has 1 saturated heterocycles. The van der Waals surface area contributed by atoms with Crippen LogP contribution in [0.2, 0.25) is 0 Å². The van der Waals surface area contributed by atoms with Gasteiger partial charge in [-0.3, -0.25) is 4.90 Å². The lowest BCUT2D eigenvalue weighted by molar-refractivity contribution is 0.0879. The first kappa shape index (κ1) is 7.78. The molecule has 0 aromatic carbocycles. The number of rotatable bonds is 0. The van der Waals surface area contributed by atoms with Crippen molar-refractivity contribution in [2.45, 2.75) is 0 Å². The summed E-state index contributed by atoms with van der Waals surface area (Å²) >= 11 is 0. The van der Waals surface area contributed by atoms with E-state index in [1.165, 1.54) is 0 Å². The number of carbonyl (C=O) groups excluding carboxylic acids is 2. The summed E-state index contributed by atoms with van der Waals surface area (Å²) in [5, 5.41) is 0. The molecule has 0 bridgehead atoms. The molecule has 0 aromatic rings. The highest BCUT2D eigenvalue weighted by Gasteiger charge is 2.20. The number of primary amides is 1. The Morgan fingerprint density at radius 3 is 2.91 bits per heavy atom. The van der Waals surface area contributed by atoms with Crippen molar-refractivity contribution in [3.05, 3.63) is 5.70 Å². The lowest BCUT2D eigenvalue weighted by atomic mass is 10.4. The highest BCUT2D eigenvalue weighted by Crippen LogP contribution is 2.05. The van der Waals surface area contributed by atoms with E-state index in [2.05, 4.69) is 0 Å². The van der Waals surface area contributed by atoms with Gasteiger partial charge in [0, 0.05) is 0 Å². The summed E-state index contributed by atoms with van der Waals surface area (Å²) in [5.74, 6) is 1.60. The highest BCUT2D eigenvalue weighted by molar-refractivity contribution is 5.77. The summed E-state index contributed by atoms with van der Waals surface area (Å²) in [7, 11) is 0. The maximum atomic E-state index is 10.6. The first-order valence-electron chi connectivity index (χ1n) is 3.14. The number of hydrogen-bond donors (Lipinski definition) is 1. The third kappa shape index (κ3) is 1.58. The van der Waals surface area contributed by atoms with Gasteiger partial charge in [0.1, 0.15) is 11.6 Å². The molecule has 1 aliphatic heterocycles. The van der Waals surface area contributed by atoms with Crippen molar-refractivity contribution in [3.63, 3.8) is 0 Å². The Bertz CT molecular complexity index is 220. The molecule has 5 heteroatoms. The smallest absolute Gasteiger partial charge is 0.319 e. The molecule has 0 atom stereocenters. The molecule has 2 amide bonds. The molecule has 0 radical (unpaired) electrons. The molecule has 0 saturated carbocycles. The summed E-state index contributed by atoms with van der Waals surface area (Å²) in [5.41, 5.74) is 5.14. The highest BCUT2D eigenvalue weighted by atomic mass is 16.5. The van der Waals surface area contributed by atoms with E-state index in [9.17, 15) is 9.59 Å². The van der Waals surface area contributed by atoms with Gasteiger partial charge in [0.2, 0.25) is 0 Å². The minimum absolute atomic E-state index is 0.117. The second-order valence-electron chi connectivity index (χ2n) is 2.09. The molecule has 0 unspecified atom stereocenters. The van der Waals surface area contributed by atoms with Crippen molar-refractivity contribution >= 4 is 12.0 Å². The van der Waals surface area contributed by atoms with E-state index >= 15 is 0 Å². The number of nitrogens with zero attached hydrogens (tertiary/aromatic N) is 1. The number of ether oxygens (including phenoxy) is 1. The molecule has 0 spiro atoms. The Kier molecular flexibility index (Phi) is 2.25. The molecule has 1 fully saturated rings. The van der Waals surface area contributed by atoms with E-state index in [0.717, 1.165) is 4.90 Å². The lowest BCUT2D eigenvalue weighted by Gasteiger charge is -2.24. The normalized spacial score (nSPS) is 17.8. The molecule has 1 rings (SSSR count). The van der Waals surface area contributed by atoms with Crippen molar-refractivity contribution in [2.75, 3.05) is 19.8 Å². The fourth-order valence-electron chi connectivity index (χ4n) is 0.865. The van der Waals surface area contributed by atoms with Crippen LogP contribution < -0.4 is 5.73 Å². The Labute approximate surface area is 63.4 Å². The van der Waals surface area contributed by atoms with Crippen molar-refractivity contribution in [1.29, 1.82) is 0 Å². The molecule has 0 aromatic heterocycles. The van der Waals surface area contributed by atoms with Gasteiger partial charge in [0.15, 0.2) is 0 Å². The monoisotopic (exact) mass is 156 g/mol. The van der Waals surface area contributed by atoms with Crippen LogP contribution in [-0.2, 0) is 9.53 Å². The van der Waals surface area contributed by atoms with Crippen LogP contribution in [-0.4, -0.2) is 36.6 Å². The fourth-order valence-corrected chi connectivity index (χ4v) is 0.865. The van der Waals surface area contributed by atoms with Crippen LogP contribution in [0.25, 0.3) is 0 Å². The number of urea groups is 1. The standard InChI is InChI=1S/C6H8N2O3/c7-6(10)8-1-2-11-4-5(8)3-9/h1-2,4H2,(H2,7,10). The average Bonchev–Trinajstić information content (AvgIpc) is 2.04. The van der Waals surface area contributed by atoms with Crippen molar-refractivity contribution < 1.29 is 14.3 Å². The molecule has 2 N–H and O–H groups in total. The number of carbonyl (C=O) groups is 1. The molecular formula is C6H8N2O3. The minimum atomic E-state index is -0.633. The van der Waals surface area contributed by atoms with E-state index in [1.54, 1.807) is 5.94 Å². The average molecular weight is 156 g/mol. The summed E-state index contributed by atoms with van der Waals surface area (Å²) < 4.78 is 4.90. The first-order valence-corrected chi connectivity index (χ1v) is 3.14.